The first kappa shape index (κ1) is 16.1. The summed E-state index contributed by atoms with van der Waals surface area (Å²) >= 11 is 0. The monoisotopic (exact) mass is 320 g/mol. The summed E-state index contributed by atoms with van der Waals surface area (Å²) in [5.74, 6) is 0.515. The molecule has 5 heteroatoms. The van der Waals surface area contributed by atoms with E-state index >= 15 is 0 Å². The number of methoxy groups -OCH3 is 1. The number of ether oxygens (including phenoxy) is 3. The first-order valence-corrected chi connectivity index (χ1v) is 8.32. The third-order valence-corrected chi connectivity index (χ3v) is 5.01. The number of hydrogen-bond acceptors (Lipinski definition) is 4. The van der Waals surface area contributed by atoms with Crippen molar-refractivity contribution in [3.63, 3.8) is 0 Å². The lowest BCUT2D eigenvalue weighted by molar-refractivity contribution is -0.145. The van der Waals surface area contributed by atoms with Crippen molar-refractivity contribution < 1.29 is 24.1 Å². The molecular formula is C18H24O5. The molecule has 0 radical (unpaired) electrons. The van der Waals surface area contributed by atoms with Crippen molar-refractivity contribution >= 4 is 5.97 Å². The SMILES string of the molecule is COc1ccc(C2(C(=O)O)CCCCC2)cc1OC1CCOC1. The summed E-state index contributed by atoms with van der Waals surface area (Å²) in [5, 5.41) is 9.85. The van der Waals surface area contributed by atoms with Crippen molar-refractivity contribution in [2.45, 2.75) is 50.0 Å². The van der Waals surface area contributed by atoms with Crippen molar-refractivity contribution in [2.24, 2.45) is 0 Å². The van der Waals surface area contributed by atoms with E-state index in [1.807, 2.05) is 18.2 Å². The topological polar surface area (TPSA) is 65.0 Å². The number of carboxylic acid groups (broad SMARTS) is 1. The van der Waals surface area contributed by atoms with Crippen molar-refractivity contribution in [3.8, 4) is 11.5 Å². The number of benzene rings is 1. The minimum atomic E-state index is -0.797. The molecule has 1 N–H and O–H groups in total. The fraction of sp³-hybridized carbons (Fsp3) is 0.611. The normalized spacial score (nSPS) is 23.4. The third kappa shape index (κ3) is 3.15. The maximum atomic E-state index is 12.0. The van der Waals surface area contributed by atoms with E-state index in [1.54, 1.807) is 7.11 Å². The second kappa shape index (κ2) is 6.79. The van der Waals surface area contributed by atoms with Gasteiger partial charge in [-0.2, -0.15) is 0 Å². The van der Waals surface area contributed by atoms with E-state index in [0.29, 0.717) is 37.6 Å². The lowest BCUT2D eigenvalue weighted by Crippen LogP contribution is -2.37. The zero-order valence-electron chi connectivity index (χ0n) is 13.5. The Morgan fingerprint density at radius 2 is 2.04 bits per heavy atom. The molecule has 2 aliphatic rings. The first-order chi connectivity index (χ1) is 11.2. The van der Waals surface area contributed by atoms with Gasteiger partial charge in [0.2, 0.25) is 0 Å². The molecule has 1 heterocycles. The molecule has 2 fully saturated rings. The molecule has 3 rings (SSSR count). The van der Waals surface area contributed by atoms with Gasteiger partial charge in [-0.05, 0) is 30.5 Å². The Morgan fingerprint density at radius 3 is 2.65 bits per heavy atom. The molecule has 1 aliphatic carbocycles. The van der Waals surface area contributed by atoms with Gasteiger partial charge in [-0.3, -0.25) is 4.79 Å². The van der Waals surface area contributed by atoms with Crippen LogP contribution in [0.25, 0.3) is 0 Å². The number of rotatable bonds is 5. The second-order valence-corrected chi connectivity index (χ2v) is 6.42. The summed E-state index contributed by atoms with van der Waals surface area (Å²) in [6.07, 6.45) is 5.22. The zero-order chi connectivity index (χ0) is 16.3. The van der Waals surface area contributed by atoms with Gasteiger partial charge >= 0.3 is 5.97 Å². The van der Waals surface area contributed by atoms with Gasteiger partial charge in [0.1, 0.15) is 6.10 Å². The van der Waals surface area contributed by atoms with E-state index in [2.05, 4.69) is 0 Å². The molecule has 0 amide bonds. The molecule has 0 spiro atoms. The van der Waals surface area contributed by atoms with Gasteiger partial charge in [0.25, 0.3) is 0 Å². The fourth-order valence-electron chi connectivity index (χ4n) is 3.63. The van der Waals surface area contributed by atoms with Crippen LogP contribution in [0.1, 0.15) is 44.1 Å². The maximum absolute atomic E-state index is 12.0. The number of aliphatic carboxylic acids is 1. The summed E-state index contributed by atoms with van der Waals surface area (Å²) in [6.45, 7) is 1.27. The number of carboxylic acids is 1. The number of carbonyl (C=O) groups is 1. The summed E-state index contributed by atoms with van der Waals surface area (Å²) in [4.78, 5) is 12.0. The van der Waals surface area contributed by atoms with Crippen LogP contribution >= 0.6 is 0 Å². The van der Waals surface area contributed by atoms with E-state index in [1.165, 1.54) is 0 Å². The minimum absolute atomic E-state index is 0.00582. The maximum Gasteiger partial charge on any atom is 0.314 e. The van der Waals surface area contributed by atoms with Gasteiger partial charge in [-0.1, -0.05) is 25.3 Å². The Bertz CT molecular complexity index is 557. The smallest absolute Gasteiger partial charge is 0.314 e. The van der Waals surface area contributed by atoms with Crippen molar-refractivity contribution in [1.82, 2.24) is 0 Å². The Morgan fingerprint density at radius 1 is 1.26 bits per heavy atom. The Labute approximate surface area is 136 Å². The van der Waals surface area contributed by atoms with E-state index in [4.69, 9.17) is 14.2 Å². The molecule has 1 aromatic carbocycles. The molecule has 23 heavy (non-hydrogen) atoms. The van der Waals surface area contributed by atoms with Gasteiger partial charge in [0.15, 0.2) is 11.5 Å². The van der Waals surface area contributed by atoms with Crippen LogP contribution in [-0.4, -0.2) is 37.5 Å². The van der Waals surface area contributed by atoms with Crippen molar-refractivity contribution in [2.75, 3.05) is 20.3 Å². The van der Waals surface area contributed by atoms with Gasteiger partial charge in [0.05, 0.1) is 25.7 Å². The highest BCUT2D eigenvalue weighted by Crippen LogP contribution is 2.43. The quantitative estimate of drug-likeness (QED) is 0.903. The molecular weight excluding hydrogens is 296 g/mol. The third-order valence-electron chi connectivity index (χ3n) is 5.01. The summed E-state index contributed by atoms with van der Waals surface area (Å²) < 4.78 is 16.7. The molecule has 0 aromatic heterocycles. The Balaban J connectivity index is 1.93. The van der Waals surface area contributed by atoms with Crippen LogP contribution in [0.2, 0.25) is 0 Å². The van der Waals surface area contributed by atoms with Gasteiger partial charge in [0, 0.05) is 6.42 Å². The highest BCUT2D eigenvalue weighted by atomic mass is 16.6. The molecule has 1 saturated heterocycles. The highest BCUT2D eigenvalue weighted by Gasteiger charge is 2.41. The van der Waals surface area contributed by atoms with Crippen LogP contribution in [0.3, 0.4) is 0 Å². The number of hydrogen-bond donors (Lipinski definition) is 1. The van der Waals surface area contributed by atoms with Gasteiger partial charge < -0.3 is 19.3 Å². The Hall–Kier alpha value is -1.75. The molecule has 1 saturated carbocycles. The van der Waals surface area contributed by atoms with Gasteiger partial charge in [-0.25, -0.2) is 0 Å². The standard InChI is InChI=1S/C18H24O5/c1-21-15-6-5-13(11-16(15)23-14-7-10-22-12-14)18(17(19)20)8-3-2-4-9-18/h5-6,11,14H,2-4,7-10,12H2,1H3,(H,19,20). The predicted molar refractivity (Wildman–Crippen MR) is 85.2 cm³/mol. The molecule has 1 aliphatic heterocycles. The molecule has 126 valence electrons. The fourth-order valence-corrected chi connectivity index (χ4v) is 3.63. The van der Waals surface area contributed by atoms with E-state index < -0.39 is 11.4 Å². The average molecular weight is 320 g/mol. The zero-order valence-corrected chi connectivity index (χ0v) is 13.5. The average Bonchev–Trinajstić information content (AvgIpc) is 3.08. The second-order valence-electron chi connectivity index (χ2n) is 6.42. The predicted octanol–water partition coefficient (Wildman–Crippen LogP) is 3.15. The van der Waals surface area contributed by atoms with Crippen molar-refractivity contribution in [3.05, 3.63) is 23.8 Å². The van der Waals surface area contributed by atoms with Crippen LogP contribution in [0.15, 0.2) is 18.2 Å². The van der Waals surface area contributed by atoms with E-state index in [0.717, 1.165) is 31.2 Å². The van der Waals surface area contributed by atoms with Crippen LogP contribution < -0.4 is 9.47 Å². The highest BCUT2D eigenvalue weighted by molar-refractivity contribution is 5.82. The lowest BCUT2D eigenvalue weighted by Gasteiger charge is -2.34. The lowest BCUT2D eigenvalue weighted by atomic mass is 9.69. The van der Waals surface area contributed by atoms with Crippen molar-refractivity contribution in [1.29, 1.82) is 0 Å². The molecule has 5 nitrogen and oxygen atoms in total. The van der Waals surface area contributed by atoms with Crippen LogP contribution in [0, 0.1) is 0 Å². The summed E-state index contributed by atoms with van der Waals surface area (Å²) in [5.41, 5.74) is 0.0221. The van der Waals surface area contributed by atoms with E-state index in [-0.39, 0.29) is 6.10 Å². The van der Waals surface area contributed by atoms with E-state index in [9.17, 15) is 9.90 Å². The van der Waals surface area contributed by atoms with Crippen LogP contribution in [-0.2, 0) is 14.9 Å². The molecule has 0 bridgehead atoms. The molecule has 1 aromatic rings. The minimum Gasteiger partial charge on any atom is -0.493 e. The summed E-state index contributed by atoms with van der Waals surface area (Å²) in [7, 11) is 1.60. The van der Waals surface area contributed by atoms with Gasteiger partial charge in [-0.15, -0.1) is 0 Å². The Kier molecular flexibility index (Phi) is 4.76. The largest absolute Gasteiger partial charge is 0.493 e. The first-order valence-electron chi connectivity index (χ1n) is 8.32. The summed E-state index contributed by atoms with van der Waals surface area (Å²) in [6, 6.07) is 5.55. The van der Waals surface area contributed by atoms with Crippen LogP contribution in [0.5, 0.6) is 11.5 Å². The molecule has 1 atom stereocenters. The van der Waals surface area contributed by atoms with Crippen LogP contribution in [0.4, 0.5) is 0 Å². The molecule has 1 unspecified atom stereocenters.